The van der Waals surface area contributed by atoms with Gasteiger partial charge in [-0.3, -0.25) is 14.3 Å². The summed E-state index contributed by atoms with van der Waals surface area (Å²) in [5.74, 6) is -1.82. The number of hydrogen-bond acceptors (Lipinski definition) is 6. The van der Waals surface area contributed by atoms with Gasteiger partial charge in [0.15, 0.2) is 17.3 Å². The van der Waals surface area contributed by atoms with Gasteiger partial charge in [0.25, 0.3) is 5.56 Å². The van der Waals surface area contributed by atoms with Gasteiger partial charge in [-0.15, -0.1) is 0 Å². The number of phenols is 1. The Morgan fingerprint density at radius 2 is 2.07 bits per heavy atom. The van der Waals surface area contributed by atoms with E-state index >= 15 is 4.39 Å². The summed E-state index contributed by atoms with van der Waals surface area (Å²) in [6.45, 7) is 0.749. The first-order chi connectivity index (χ1) is 13.4. The molecule has 2 fully saturated rings. The molecule has 9 heteroatoms. The lowest BCUT2D eigenvalue weighted by atomic mass is 10.0. The van der Waals surface area contributed by atoms with Crippen molar-refractivity contribution >= 4 is 16.6 Å². The molecule has 28 heavy (non-hydrogen) atoms. The SMILES string of the molecule is COc1c(N2CC3=CCC(O)C3C2)c(F)c(O)c2c(=O)[nH]c(=O)n(C3CC3)c12. The maximum Gasteiger partial charge on any atom is 0.329 e. The first-order valence-electron chi connectivity index (χ1n) is 9.31. The molecule has 2 aromatic rings. The predicted molar refractivity (Wildman–Crippen MR) is 99.7 cm³/mol. The molecule has 148 valence electrons. The van der Waals surface area contributed by atoms with Crippen molar-refractivity contribution in [3.8, 4) is 11.5 Å². The number of aromatic nitrogens is 2. The van der Waals surface area contributed by atoms with Crippen molar-refractivity contribution in [1.29, 1.82) is 0 Å². The Kier molecular flexibility index (Phi) is 3.61. The van der Waals surface area contributed by atoms with Crippen LogP contribution < -0.4 is 20.9 Å². The van der Waals surface area contributed by atoms with Crippen molar-refractivity contribution in [3.05, 3.63) is 38.3 Å². The summed E-state index contributed by atoms with van der Waals surface area (Å²) in [6, 6.07) is -0.124. The van der Waals surface area contributed by atoms with Crippen LogP contribution in [0.15, 0.2) is 21.2 Å². The summed E-state index contributed by atoms with van der Waals surface area (Å²) >= 11 is 0. The number of aromatic hydroxyl groups is 1. The molecule has 2 heterocycles. The number of ether oxygens (including phenoxy) is 1. The van der Waals surface area contributed by atoms with E-state index < -0.39 is 28.9 Å². The van der Waals surface area contributed by atoms with Gasteiger partial charge in [-0.2, -0.15) is 0 Å². The van der Waals surface area contributed by atoms with E-state index in [1.54, 1.807) is 4.90 Å². The maximum absolute atomic E-state index is 15.2. The zero-order valence-corrected chi connectivity index (χ0v) is 15.2. The third-order valence-corrected chi connectivity index (χ3v) is 6.01. The third kappa shape index (κ3) is 2.25. The van der Waals surface area contributed by atoms with Crippen molar-refractivity contribution in [3.63, 3.8) is 0 Å². The molecule has 0 radical (unpaired) electrons. The van der Waals surface area contributed by atoms with Crippen molar-refractivity contribution in [2.45, 2.75) is 31.4 Å². The molecule has 2 unspecified atom stereocenters. The van der Waals surface area contributed by atoms with E-state index in [-0.39, 0.29) is 34.3 Å². The fourth-order valence-corrected chi connectivity index (χ4v) is 4.53. The quantitative estimate of drug-likeness (QED) is 0.676. The van der Waals surface area contributed by atoms with Gasteiger partial charge in [-0.05, 0) is 24.8 Å². The number of rotatable bonds is 3. The molecule has 1 aliphatic heterocycles. The monoisotopic (exact) mass is 389 g/mol. The fourth-order valence-electron chi connectivity index (χ4n) is 4.53. The topological polar surface area (TPSA) is 108 Å². The second-order valence-electron chi connectivity index (χ2n) is 7.70. The predicted octanol–water partition coefficient (Wildman–Crippen LogP) is 1.01. The summed E-state index contributed by atoms with van der Waals surface area (Å²) in [6.07, 6.45) is 3.51. The summed E-state index contributed by atoms with van der Waals surface area (Å²) in [5.41, 5.74) is -0.325. The molecular formula is C19H20FN3O5. The van der Waals surface area contributed by atoms with Gasteiger partial charge < -0.3 is 19.8 Å². The van der Waals surface area contributed by atoms with Crippen LogP contribution in [0, 0.1) is 11.7 Å². The number of nitrogens with zero attached hydrogens (tertiary/aromatic N) is 2. The summed E-state index contributed by atoms with van der Waals surface area (Å²) in [5, 5.41) is 20.4. The number of fused-ring (bicyclic) bond motifs is 2. The van der Waals surface area contributed by atoms with Gasteiger partial charge >= 0.3 is 5.69 Å². The normalized spacial score (nSPS) is 24.0. The average Bonchev–Trinajstić information content (AvgIpc) is 3.30. The number of benzene rings is 1. The van der Waals surface area contributed by atoms with E-state index in [1.165, 1.54) is 11.7 Å². The van der Waals surface area contributed by atoms with Crippen LogP contribution in [0.4, 0.5) is 10.1 Å². The van der Waals surface area contributed by atoms with Crippen molar-refractivity contribution in [2.75, 3.05) is 25.1 Å². The fraction of sp³-hybridized carbons (Fsp3) is 0.474. The summed E-state index contributed by atoms with van der Waals surface area (Å²) in [4.78, 5) is 28.7. The highest BCUT2D eigenvalue weighted by Gasteiger charge is 2.40. The minimum absolute atomic E-state index is 0.00870. The smallest absolute Gasteiger partial charge is 0.329 e. The number of methoxy groups -OCH3 is 1. The number of H-pyrrole nitrogens is 1. The minimum atomic E-state index is -0.967. The molecule has 1 saturated carbocycles. The number of nitrogens with one attached hydrogen (secondary N) is 1. The Bertz CT molecular complexity index is 1150. The van der Waals surface area contributed by atoms with Crippen LogP contribution in [0.2, 0.25) is 0 Å². The molecule has 2 atom stereocenters. The molecule has 0 amide bonds. The van der Waals surface area contributed by atoms with Gasteiger partial charge in [-0.25, -0.2) is 9.18 Å². The Morgan fingerprint density at radius 1 is 1.32 bits per heavy atom. The number of phenolic OH excluding ortho intramolecular Hbond substituents is 1. The van der Waals surface area contributed by atoms with E-state index in [4.69, 9.17) is 4.74 Å². The largest absolute Gasteiger partial charge is 0.504 e. The van der Waals surface area contributed by atoms with Crippen molar-refractivity contribution in [1.82, 2.24) is 9.55 Å². The van der Waals surface area contributed by atoms with Crippen molar-refractivity contribution in [2.24, 2.45) is 5.92 Å². The van der Waals surface area contributed by atoms with Gasteiger partial charge in [-0.1, -0.05) is 6.08 Å². The molecule has 2 aliphatic carbocycles. The number of aromatic amines is 1. The third-order valence-electron chi connectivity index (χ3n) is 6.01. The Hall–Kier alpha value is -2.81. The molecule has 1 saturated heterocycles. The number of halogens is 1. The van der Waals surface area contributed by atoms with E-state index in [9.17, 15) is 19.8 Å². The number of anilines is 1. The van der Waals surface area contributed by atoms with Crippen LogP contribution in [0.25, 0.3) is 10.9 Å². The highest BCUT2D eigenvalue weighted by atomic mass is 19.1. The molecule has 3 N–H and O–H groups in total. The van der Waals surface area contributed by atoms with Gasteiger partial charge in [0, 0.05) is 25.0 Å². The minimum Gasteiger partial charge on any atom is -0.504 e. The first-order valence-corrected chi connectivity index (χ1v) is 9.31. The zero-order valence-electron chi connectivity index (χ0n) is 15.2. The molecule has 8 nitrogen and oxygen atoms in total. The van der Waals surface area contributed by atoms with Crippen LogP contribution >= 0.6 is 0 Å². The molecule has 1 aromatic heterocycles. The second kappa shape index (κ2) is 5.84. The molecule has 5 rings (SSSR count). The van der Waals surface area contributed by atoms with Crippen LogP contribution in [0.5, 0.6) is 11.5 Å². The lowest BCUT2D eigenvalue weighted by Gasteiger charge is -2.25. The maximum atomic E-state index is 15.2. The van der Waals surface area contributed by atoms with E-state index in [2.05, 4.69) is 4.98 Å². The molecule has 0 spiro atoms. The van der Waals surface area contributed by atoms with Crippen LogP contribution in [-0.4, -0.2) is 46.1 Å². The van der Waals surface area contributed by atoms with Crippen molar-refractivity contribution < 1.29 is 19.3 Å². The molecule has 3 aliphatic rings. The highest BCUT2D eigenvalue weighted by molar-refractivity contribution is 5.96. The number of aliphatic hydroxyl groups is 1. The van der Waals surface area contributed by atoms with Gasteiger partial charge in [0.1, 0.15) is 16.6 Å². The first kappa shape index (κ1) is 17.3. The zero-order chi connectivity index (χ0) is 19.7. The Balaban J connectivity index is 1.81. The number of aliphatic hydroxyl groups excluding tert-OH is 1. The highest BCUT2D eigenvalue weighted by Crippen LogP contribution is 2.48. The van der Waals surface area contributed by atoms with Crippen LogP contribution in [0.1, 0.15) is 25.3 Å². The summed E-state index contributed by atoms with van der Waals surface area (Å²) < 4.78 is 22.1. The number of hydrogen-bond donors (Lipinski definition) is 3. The van der Waals surface area contributed by atoms with E-state index in [0.717, 1.165) is 18.4 Å². The standard InChI is InChI=1S/C19H20FN3O5/c1-28-17-14-12(18(26)21-19(27)23(14)9-3-4-9)16(25)13(20)15(17)22-6-8-2-5-11(24)10(8)7-22/h2,9-11,24-25H,3-7H2,1H3,(H,21,26,27). The van der Waals surface area contributed by atoms with Crippen LogP contribution in [0.3, 0.4) is 0 Å². The lowest BCUT2D eigenvalue weighted by molar-refractivity contribution is 0.147. The van der Waals surface area contributed by atoms with Gasteiger partial charge in [0.05, 0.1) is 13.2 Å². The second-order valence-corrected chi connectivity index (χ2v) is 7.70. The average molecular weight is 389 g/mol. The van der Waals surface area contributed by atoms with Gasteiger partial charge in [0.2, 0.25) is 0 Å². The molecule has 1 aromatic carbocycles. The summed E-state index contributed by atoms with van der Waals surface area (Å²) in [7, 11) is 1.35. The van der Waals surface area contributed by atoms with E-state index in [0.29, 0.717) is 19.5 Å². The molecule has 0 bridgehead atoms. The Labute approximate surface area is 158 Å². The van der Waals surface area contributed by atoms with Crippen LogP contribution in [-0.2, 0) is 0 Å². The van der Waals surface area contributed by atoms with E-state index in [1.807, 2.05) is 6.08 Å². The Morgan fingerprint density at radius 3 is 2.71 bits per heavy atom. The molecular weight excluding hydrogens is 369 g/mol. The lowest BCUT2D eigenvalue weighted by Crippen LogP contribution is -2.31.